The lowest BCUT2D eigenvalue weighted by atomic mass is 10.1. The lowest BCUT2D eigenvalue weighted by Crippen LogP contribution is -2.47. The molecule has 0 atom stereocenters. The lowest BCUT2D eigenvalue weighted by Gasteiger charge is -2.26. The molecule has 146 valence electrons. The minimum atomic E-state index is -3.35. The van der Waals surface area contributed by atoms with Crippen LogP contribution in [0.4, 0.5) is 0 Å². The van der Waals surface area contributed by atoms with E-state index < -0.39 is 10.0 Å². The monoisotopic (exact) mass is 382 g/mol. The molecule has 1 aromatic rings. The Kier molecular flexibility index (Phi) is 7.02. The average molecular weight is 383 g/mol. The van der Waals surface area contributed by atoms with Gasteiger partial charge in [-0.15, -0.1) is 0 Å². The molecule has 2 N–H and O–H groups in total. The fraction of sp³-hybridized carbons (Fsp3) is 0.611. The number of aliphatic imine (C=N–C) groups is 1. The summed E-state index contributed by atoms with van der Waals surface area (Å²) in [5.74, 6) is 0.680. The molecular formula is C18H30N4O3S. The summed E-state index contributed by atoms with van der Waals surface area (Å²) < 4.78 is 32.2. The highest BCUT2D eigenvalue weighted by atomic mass is 32.2. The summed E-state index contributed by atoms with van der Waals surface area (Å²) in [5, 5.41) is 6.55. The van der Waals surface area contributed by atoms with Gasteiger partial charge in [-0.1, -0.05) is 24.3 Å². The van der Waals surface area contributed by atoms with Gasteiger partial charge in [-0.05, 0) is 31.9 Å². The Balaban J connectivity index is 2.07. The van der Waals surface area contributed by atoms with E-state index in [1.807, 2.05) is 24.3 Å². The molecule has 0 radical (unpaired) electrons. The van der Waals surface area contributed by atoms with Gasteiger partial charge < -0.3 is 15.4 Å². The predicted octanol–water partition coefficient (Wildman–Crippen LogP) is 1.31. The molecule has 0 amide bonds. The third-order valence-electron chi connectivity index (χ3n) is 3.98. The third kappa shape index (κ3) is 6.26. The van der Waals surface area contributed by atoms with Gasteiger partial charge in [-0.2, -0.15) is 4.31 Å². The summed E-state index contributed by atoms with van der Waals surface area (Å²) in [6.45, 7) is 8.43. The van der Waals surface area contributed by atoms with Crippen molar-refractivity contribution in [1.29, 1.82) is 0 Å². The van der Waals surface area contributed by atoms with Crippen molar-refractivity contribution in [2.75, 3.05) is 33.4 Å². The molecule has 0 unspecified atom stereocenters. The van der Waals surface area contributed by atoms with Gasteiger partial charge in [0.1, 0.15) is 0 Å². The molecule has 1 fully saturated rings. The van der Waals surface area contributed by atoms with Crippen LogP contribution in [0, 0.1) is 0 Å². The van der Waals surface area contributed by atoms with Crippen molar-refractivity contribution in [1.82, 2.24) is 14.9 Å². The zero-order chi connectivity index (χ0) is 19.2. The van der Waals surface area contributed by atoms with E-state index >= 15 is 0 Å². The van der Waals surface area contributed by atoms with Crippen LogP contribution in [0.15, 0.2) is 29.3 Å². The van der Waals surface area contributed by atoms with Crippen molar-refractivity contribution in [3.63, 3.8) is 0 Å². The van der Waals surface area contributed by atoms with E-state index in [1.54, 1.807) is 7.05 Å². The Morgan fingerprint density at radius 2 is 1.81 bits per heavy atom. The standard InChI is InChI=1S/C18H30N4O3S/c1-18(2,3)21-17(19-4)20-13-15-7-5-6-8-16(15)14-26(23,24)22-9-11-25-12-10-22/h5-8H,9-14H2,1-4H3,(H2,19,20,21). The molecule has 7 nitrogen and oxygen atoms in total. The first-order chi connectivity index (χ1) is 12.2. The van der Waals surface area contributed by atoms with Crippen LogP contribution in [0.2, 0.25) is 0 Å². The van der Waals surface area contributed by atoms with E-state index in [4.69, 9.17) is 4.74 Å². The largest absolute Gasteiger partial charge is 0.379 e. The van der Waals surface area contributed by atoms with Crippen LogP contribution < -0.4 is 10.6 Å². The molecule has 0 aromatic heterocycles. The average Bonchev–Trinajstić information content (AvgIpc) is 2.59. The van der Waals surface area contributed by atoms with Crippen LogP contribution in [-0.2, 0) is 27.1 Å². The smallest absolute Gasteiger partial charge is 0.218 e. The Morgan fingerprint density at radius 3 is 2.38 bits per heavy atom. The quantitative estimate of drug-likeness (QED) is 0.593. The zero-order valence-corrected chi connectivity index (χ0v) is 16.9. The molecule has 1 aliphatic rings. The van der Waals surface area contributed by atoms with E-state index in [2.05, 4.69) is 36.4 Å². The number of morpholine rings is 1. The molecule has 26 heavy (non-hydrogen) atoms. The summed E-state index contributed by atoms with van der Waals surface area (Å²) in [7, 11) is -1.63. The summed E-state index contributed by atoms with van der Waals surface area (Å²) in [6, 6.07) is 7.61. The Hall–Kier alpha value is -1.64. The van der Waals surface area contributed by atoms with E-state index in [0.29, 0.717) is 38.8 Å². The van der Waals surface area contributed by atoms with Crippen molar-refractivity contribution in [3.8, 4) is 0 Å². The van der Waals surface area contributed by atoms with Crippen LogP contribution in [0.25, 0.3) is 0 Å². The number of rotatable bonds is 5. The third-order valence-corrected chi connectivity index (χ3v) is 5.81. The number of hydrogen-bond acceptors (Lipinski definition) is 4. The van der Waals surface area contributed by atoms with Gasteiger partial charge in [0.2, 0.25) is 10.0 Å². The Bertz CT molecular complexity index is 720. The number of nitrogens with zero attached hydrogens (tertiary/aromatic N) is 2. The number of sulfonamides is 1. The second-order valence-corrected chi connectivity index (χ2v) is 9.31. The van der Waals surface area contributed by atoms with Crippen molar-refractivity contribution in [2.45, 2.75) is 38.6 Å². The topological polar surface area (TPSA) is 83.0 Å². The van der Waals surface area contributed by atoms with Gasteiger partial charge in [0.15, 0.2) is 5.96 Å². The van der Waals surface area contributed by atoms with Crippen molar-refractivity contribution >= 4 is 16.0 Å². The normalized spacial score (nSPS) is 17.2. The fourth-order valence-electron chi connectivity index (χ4n) is 2.70. The highest BCUT2D eigenvalue weighted by Gasteiger charge is 2.25. The zero-order valence-electron chi connectivity index (χ0n) is 16.1. The van der Waals surface area contributed by atoms with Crippen LogP contribution >= 0.6 is 0 Å². The lowest BCUT2D eigenvalue weighted by molar-refractivity contribution is 0.0729. The first-order valence-corrected chi connectivity index (χ1v) is 10.4. The maximum Gasteiger partial charge on any atom is 0.218 e. The fourth-order valence-corrected chi connectivity index (χ4v) is 4.26. The predicted molar refractivity (Wildman–Crippen MR) is 105 cm³/mol. The number of nitrogens with one attached hydrogen (secondary N) is 2. The number of hydrogen-bond donors (Lipinski definition) is 2. The Morgan fingerprint density at radius 1 is 1.19 bits per heavy atom. The summed E-state index contributed by atoms with van der Waals surface area (Å²) in [5.41, 5.74) is 1.64. The SMILES string of the molecule is CN=C(NCc1ccccc1CS(=O)(=O)N1CCOCC1)NC(C)(C)C. The van der Waals surface area contributed by atoms with Crippen molar-refractivity contribution < 1.29 is 13.2 Å². The molecule has 1 aromatic carbocycles. The van der Waals surface area contributed by atoms with Crippen molar-refractivity contribution in [3.05, 3.63) is 35.4 Å². The molecule has 8 heteroatoms. The summed E-state index contributed by atoms with van der Waals surface area (Å²) in [6.07, 6.45) is 0. The maximum atomic E-state index is 12.7. The van der Waals surface area contributed by atoms with Crippen LogP contribution in [0.1, 0.15) is 31.9 Å². The second kappa shape index (κ2) is 8.83. The number of benzene rings is 1. The minimum Gasteiger partial charge on any atom is -0.379 e. The second-order valence-electron chi connectivity index (χ2n) is 7.34. The number of ether oxygens (including phenoxy) is 1. The van der Waals surface area contributed by atoms with E-state index in [9.17, 15) is 8.42 Å². The highest BCUT2D eigenvalue weighted by molar-refractivity contribution is 7.88. The van der Waals surface area contributed by atoms with Crippen LogP contribution in [0.5, 0.6) is 0 Å². The molecule has 1 saturated heterocycles. The van der Waals surface area contributed by atoms with E-state index in [0.717, 1.165) is 11.1 Å². The van der Waals surface area contributed by atoms with Crippen LogP contribution in [-0.4, -0.2) is 57.6 Å². The van der Waals surface area contributed by atoms with Gasteiger partial charge in [-0.25, -0.2) is 8.42 Å². The highest BCUT2D eigenvalue weighted by Crippen LogP contribution is 2.16. The molecule has 1 heterocycles. The molecule has 0 aliphatic carbocycles. The molecule has 0 bridgehead atoms. The van der Waals surface area contributed by atoms with Gasteiger partial charge in [-0.3, -0.25) is 4.99 Å². The molecule has 0 spiro atoms. The van der Waals surface area contributed by atoms with E-state index in [1.165, 1.54) is 4.31 Å². The minimum absolute atomic E-state index is 0.00382. The van der Waals surface area contributed by atoms with Gasteiger partial charge >= 0.3 is 0 Å². The molecular weight excluding hydrogens is 352 g/mol. The first-order valence-electron chi connectivity index (χ1n) is 8.82. The maximum absolute atomic E-state index is 12.7. The van der Waals surface area contributed by atoms with E-state index in [-0.39, 0.29) is 11.3 Å². The number of guanidine groups is 1. The summed E-state index contributed by atoms with van der Waals surface area (Å²) >= 11 is 0. The van der Waals surface area contributed by atoms with Gasteiger partial charge in [0, 0.05) is 32.2 Å². The molecule has 2 rings (SSSR count). The van der Waals surface area contributed by atoms with Crippen LogP contribution in [0.3, 0.4) is 0 Å². The molecule has 1 aliphatic heterocycles. The Labute approximate surface area is 156 Å². The van der Waals surface area contributed by atoms with Gasteiger partial charge in [0.25, 0.3) is 0 Å². The van der Waals surface area contributed by atoms with Crippen molar-refractivity contribution in [2.24, 2.45) is 4.99 Å². The first kappa shape index (κ1) is 20.7. The van der Waals surface area contributed by atoms with Gasteiger partial charge in [0.05, 0.1) is 19.0 Å². The summed E-state index contributed by atoms with van der Waals surface area (Å²) in [4.78, 5) is 4.22. The molecule has 0 saturated carbocycles.